The van der Waals surface area contributed by atoms with Crippen LogP contribution in [0.5, 0.6) is 0 Å². The minimum absolute atomic E-state index is 0.125. The zero-order valence-electron chi connectivity index (χ0n) is 10.0. The number of aliphatic hydroxyl groups excluding tert-OH is 1. The van der Waals surface area contributed by atoms with E-state index in [2.05, 4.69) is 34.3 Å². The average Bonchev–Trinajstić information content (AvgIpc) is 2.43. The largest absolute Gasteiger partial charge is 0.393 e. The molecule has 0 aliphatic heterocycles. The number of aliphatic hydroxyl groups is 1. The Morgan fingerprint density at radius 3 is 2.14 bits per heavy atom. The fraction of sp³-hybridized carbons (Fsp3) is 0.846. The van der Waals surface area contributed by atoms with Crippen molar-refractivity contribution >= 4 is 0 Å². The lowest BCUT2D eigenvalue weighted by Crippen LogP contribution is -2.13. The maximum atomic E-state index is 10.1. The van der Waals surface area contributed by atoms with Gasteiger partial charge in [-0.3, -0.25) is 0 Å². The molecule has 1 aliphatic carbocycles. The zero-order valence-corrected chi connectivity index (χ0v) is 10.0. The summed E-state index contributed by atoms with van der Waals surface area (Å²) in [6, 6.07) is 0. The fourth-order valence-corrected chi connectivity index (χ4v) is 2.85. The Morgan fingerprint density at radius 1 is 1.29 bits per heavy atom. The van der Waals surface area contributed by atoms with Crippen molar-refractivity contribution in [3.8, 4) is 0 Å². The molecule has 1 N–H and O–H groups in total. The van der Waals surface area contributed by atoms with Crippen LogP contribution in [0.25, 0.3) is 0 Å². The lowest BCUT2D eigenvalue weighted by molar-refractivity contribution is 0.118. The van der Waals surface area contributed by atoms with E-state index in [4.69, 9.17) is 0 Å². The van der Waals surface area contributed by atoms with Gasteiger partial charge in [0.05, 0.1) is 6.10 Å². The minimum Gasteiger partial charge on any atom is -0.393 e. The van der Waals surface area contributed by atoms with E-state index in [1.54, 1.807) is 0 Å². The van der Waals surface area contributed by atoms with Gasteiger partial charge in [0.1, 0.15) is 0 Å². The third-order valence-electron chi connectivity index (χ3n) is 4.43. The van der Waals surface area contributed by atoms with Crippen LogP contribution in [0.1, 0.15) is 47.0 Å². The van der Waals surface area contributed by atoms with Gasteiger partial charge in [0.15, 0.2) is 0 Å². The topological polar surface area (TPSA) is 20.2 Å². The van der Waals surface area contributed by atoms with E-state index in [0.717, 1.165) is 19.3 Å². The van der Waals surface area contributed by atoms with Crippen LogP contribution in [-0.2, 0) is 0 Å². The average molecular weight is 196 g/mol. The second kappa shape index (κ2) is 3.69. The molecule has 1 nitrogen and oxygen atoms in total. The highest BCUT2D eigenvalue weighted by Crippen LogP contribution is 2.70. The van der Waals surface area contributed by atoms with E-state index < -0.39 is 0 Å². The van der Waals surface area contributed by atoms with Gasteiger partial charge in [0.2, 0.25) is 0 Å². The summed E-state index contributed by atoms with van der Waals surface area (Å²) in [6.45, 7) is 12.7. The van der Waals surface area contributed by atoms with Crippen LogP contribution in [0.15, 0.2) is 12.7 Å². The van der Waals surface area contributed by atoms with Crippen LogP contribution in [0.4, 0.5) is 0 Å². The summed E-state index contributed by atoms with van der Waals surface area (Å²) < 4.78 is 0. The molecule has 0 heterocycles. The monoisotopic (exact) mass is 196 g/mol. The molecule has 1 aliphatic rings. The number of hydrogen-bond donors (Lipinski definition) is 1. The number of hydrogen-bond acceptors (Lipinski definition) is 1. The zero-order chi connectivity index (χ0) is 11.0. The summed E-state index contributed by atoms with van der Waals surface area (Å²) in [6.07, 6.45) is 4.80. The standard InChI is InChI=1S/C13H24O/c1-6-7-8-9-10(14)11-12(2,3)13(11,4)5/h6,10-11,14H,1,7-9H2,2-5H3. The van der Waals surface area contributed by atoms with Crippen LogP contribution < -0.4 is 0 Å². The van der Waals surface area contributed by atoms with E-state index >= 15 is 0 Å². The molecule has 82 valence electrons. The minimum atomic E-state index is -0.125. The normalized spacial score (nSPS) is 25.8. The Kier molecular flexibility index (Phi) is 3.10. The van der Waals surface area contributed by atoms with Crippen LogP contribution in [-0.4, -0.2) is 11.2 Å². The van der Waals surface area contributed by atoms with Gasteiger partial charge in [-0.1, -0.05) is 33.8 Å². The van der Waals surface area contributed by atoms with Gasteiger partial charge in [-0.15, -0.1) is 6.58 Å². The van der Waals surface area contributed by atoms with Crippen LogP contribution in [0, 0.1) is 16.7 Å². The second-order valence-corrected chi connectivity index (χ2v) is 5.71. The maximum absolute atomic E-state index is 10.1. The Hall–Kier alpha value is -0.300. The van der Waals surface area contributed by atoms with E-state index in [9.17, 15) is 5.11 Å². The maximum Gasteiger partial charge on any atom is 0.0579 e. The molecule has 1 heteroatoms. The fourth-order valence-electron chi connectivity index (χ4n) is 2.85. The Balaban J connectivity index is 2.41. The highest BCUT2D eigenvalue weighted by molar-refractivity contribution is 5.14. The van der Waals surface area contributed by atoms with Crippen LogP contribution >= 0.6 is 0 Å². The molecule has 0 amide bonds. The first-order valence-electron chi connectivity index (χ1n) is 5.64. The van der Waals surface area contributed by atoms with Gasteiger partial charge in [0.25, 0.3) is 0 Å². The summed E-state index contributed by atoms with van der Waals surface area (Å²) in [4.78, 5) is 0. The predicted molar refractivity (Wildman–Crippen MR) is 61.1 cm³/mol. The van der Waals surface area contributed by atoms with Crippen molar-refractivity contribution < 1.29 is 5.11 Å². The summed E-state index contributed by atoms with van der Waals surface area (Å²) >= 11 is 0. The Morgan fingerprint density at radius 2 is 1.79 bits per heavy atom. The molecule has 1 atom stereocenters. The predicted octanol–water partition coefficient (Wildman–Crippen LogP) is 3.39. The molecule has 0 bridgehead atoms. The van der Waals surface area contributed by atoms with Crippen LogP contribution in [0.2, 0.25) is 0 Å². The van der Waals surface area contributed by atoms with Crippen molar-refractivity contribution in [3.63, 3.8) is 0 Å². The molecule has 0 aromatic carbocycles. The first kappa shape index (κ1) is 11.8. The van der Waals surface area contributed by atoms with Crippen LogP contribution in [0.3, 0.4) is 0 Å². The molecular formula is C13H24O. The Labute approximate surface area is 88.2 Å². The lowest BCUT2D eigenvalue weighted by Gasteiger charge is -2.11. The van der Waals surface area contributed by atoms with Crippen molar-refractivity contribution in [2.45, 2.75) is 53.1 Å². The third kappa shape index (κ3) is 1.75. The number of rotatable bonds is 5. The third-order valence-corrected chi connectivity index (χ3v) is 4.43. The van der Waals surface area contributed by atoms with E-state index in [1.165, 1.54) is 0 Å². The molecule has 1 rings (SSSR count). The highest BCUT2D eigenvalue weighted by Gasteiger charge is 2.66. The van der Waals surface area contributed by atoms with E-state index in [1.807, 2.05) is 6.08 Å². The molecule has 0 saturated heterocycles. The molecule has 0 aromatic heterocycles. The summed E-state index contributed by atoms with van der Waals surface area (Å²) in [5.41, 5.74) is 0.612. The first-order chi connectivity index (χ1) is 6.35. The summed E-state index contributed by atoms with van der Waals surface area (Å²) in [5.74, 6) is 0.472. The molecule has 1 saturated carbocycles. The van der Waals surface area contributed by atoms with Gasteiger partial charge < -0.3 is 5.11 Å². The number of allylic oxidation sites excluding steroid dienone is 1. The van der Waals surface area contributed by atoms with Crippen molar-refractivity contribution in [1.82, 2.24) is 0 Å². The molecular weight excluding hydrogens is 172 g/mol. The molecule has 14 heavy (non-hydrogen) atoms. The molecule has 0 spiro atoms. The van der Waals surface area contributed by atoms with Gasteiger partial charge in [-0.25, -0.2) is 0 Å². The molecule has 1 unspecified atom stereocenters. The van der Waals surface area contributed by atoms with Gasteiger partial charge in [-0.05, 0) is 36.0 Å². The van der Waals surface area contributed by atoms with Crippen molar-refractivity contribution in [2.75, 3.05) is 0 Å². The van der Waals surface area contributed by atoms with E-state index in [0.29, 0.717) is 16.7 Å². The van der Waals surface area contributed by atoms with Gasteiger partial charge in [0, 0.05) is 0 Å². The lowest BCUT2D eigenvalue weighted by atomic mass is 10.0. The van der Waals surface area contributed by atoms with E-state index in [-0.39, 0.29) is 6.10 Å². The van der Waals surface area contributed by atoms with Crippen molar-refractivity contribution in [1.29, 1.82) is 0 Å². The SMILES string of the molecule is C=CCCCC(O)C1C(C)(C)C1(C)C. The number of unbranched alkanes of at least 4 members (excludes halogenated alkanes) is 1. The summed E-state index contributed by atoms with van der Waals surface area (Å²) in [5, 5.41) is 10.1. The first-order valence-corrected chi connectivity index (χ1v) is 5.64. The Bertz CT molecular complexity index is 201. The molecule has 0 radical (unpaired) electrons. The summed E-state index contributed by atoms with van der Waals surface area (Å²) in [7, 11) is 0. The smallest absolute Gasteiger partial charge is 0.0579 e. The van der Waals surface area contributed by atoms with Gasteiger partial charge >= 0.3 is 0 Å². The molecule has 0 aromatic rings. The molecule has 1 fully saturated rings. The second-order valence-electron chi connectivity index (χ2n) is 5.71. The quantitative estimate of drug-likeness (QED) is 0.528. The highest BCUT2D eigenvalue weighted by atomic mass is 16.3. The van der Waals surface area contributed by atoms with Crippen molar-refractivity contribution in [2.24, 2.45) is 16.7 Å². The van der Waals surface area contributed by atoms with Gasteiger partial charge in [-0.2, -0.15) is 0 Å². The van der Waals surface area contributed by atoms with Crippen molar-refractivity contribution in [3.05, 3.63) is 12.7 Å².